The summed E-state index contributed by atoms with van der Waals surface area (Å²) in [7, 11) is 0. The van der Waals surface area contributed by atoms with Gasteiger partial charge >= 0.3 is 0 Å². The summed E-state index contributed by atoms with van der Waals surface area (Å²) in [5.41, 5.74) is 0.796. The topological polar surface area (TPSA) is 72.4 Å². The molecule has 1 aliphatic heterocycles. The Kier molecular flexibility index (Phi) is 4.83. The number of fused-ring (bicyclic) bond motifs is 1. The molecule has 2 fully saturated rings. The molecule has 25 heavy (non-hydrogen) atoms. The summed E-state index contributed by atoms with van der Waals surface area (Å²) in [6.45, 7) is 3.67. The van der Waals surface area contributed by atoms with Crippen LogP contribution < -0.4 is 0 Å². The minimum atomic E-state index is 0.174. The van der Waals surface area contributed by atoms with Gasteiger partial charge in [0.1, 0.15) is 5.76 Å². The Morgan fingerprint density at radius 3 is 2.92 bits per heavy atom. The monoisotopic (exact) mass is 361 g/mol. The first-order chi connectivity index (χ1) is 12.2. The predicted octanol–water partition coefficient (Wildman–Crippen LogP) is 3.77. The number of aromatic nitrogens is 2. The van der Waals surface area contributed by atoms with Gasteiger partial charge in [-0.1, -0.05) is 31.0 Å². The van der Waals surface area contributed by atoms with E-state index in [9.17, 15) is 4.79 Å². The number of piperidine rings is 1. The van der Waals surface area contributed by atoms with Crippen LogP contribution in [0.5, 0.6) is 0 Å². The first-order valence-electron chi connectivity index (χ1n) is 8.99. The molecule has 3 heterocycles. The second kappa shape index (κ2) is 7.23. The van der Waals surface area contributed by atoms with Crippen molar-refractivity contribution in [2.24, 2.45) is 11.8 Å². The highest BCUT2D eigenvalue weighted by atomic mass is 32.2. The third kappa shape index (κ3) is 3.61. The number of hydrogen-bond acceptors (Lipinski definition) is 6. The van der Waals surface area contributed by atoms with Crippen LogP contribution in [-0.4, -0.2) is 39.8 Å². The molecule has 1 amide bonds. The Bertz CT molecular complexity index is 742. The van der Waals surface area contributed by atoms with E-state index in [2.05, 4.69) is 10.2 Å². The zero-order valence-electron chi connectivity index (χ0n) is 14.4. The molecule has 6 nitrogen and oxygen atoms in total. The van der Waals surface area contributed by atoms with Gasteiger partial charge in [-0.05, 0) is 37.7 Å². The van der Waals surface area contributed by atoms with E-state index in [0.717, 1.165) is 36.8 Å². The average Bonchev–Trinajstić information content (AvgIpc) is 3.27. The van der Waals surface area contributed by atoms with Crippen LogP contribution in [0.4, 0.5) is 0 Å². The van der Waals surface area contributed by atoms with Crippen LogP contribution in [0.2, 0.25) is 0 Å². The number of nitrogens with zero attached hydrogens (tertiary/aromatic N) is 3. The molecular formula is C18H23N3O3S. The number of likely N-dealkylation sites (tertiary alicyclic amines) is 1. The highest BCUT2D eigenvalue weighted by Crippen LogP contribution is 2.36. The fourth-order valence-electron chi connectivity index (χ4n) is 4.03. The number of furan rings is 1. The lowest BCUT2D eigenvalue weighted by Gasteiger charge is -2.41. The van der Waals surface area contributed by atoms with Gasteiger partial charge in [-0.2, -0.15) is 0 Å². The Morgan fingerprint density at radius 2 is 2.12 bits per heavy atom. The molecule has 2 aromatic heterocycles. The Balaban J connectivity index is 1.32. The van der Waals surface area contributed by atoms with Crippen molar-refractivity contribution >= 4 is 17.7 Å². The molecular weight excluding hydrogens is 338 g/mol. The van der Waals surface area contributed by atoms with Gasteiger partial charge in [0.15, 0.2) is 0 Å². The summed E-state index contributed by atoms with van der Waals surface area (Å²) in [4.78, 5) is 14.6. The quantitative estimate of drug-likeness (QED) is 0.772. The van der Waals surface area contributed by atoms with Gasteiger partial charge in [-0.3, -0.25) is 4.79 Å². The van der Waals surface area contributed by atoms with Crippen LogP contribution in [-0.2, 0) is 4.79 Å². The van der Waals surface area contributed by atoms with Gasteiger partial charge in [0, 0.05) is 13.1 Å². The number of carbonyl (C=O) groups excluding carboxylic acids is 1. The standard InChI is InChI=1S/C18H23N3O3S/c1-12-15(7-9-23-12)17-19-20-18(24-17)25-11-16(22)21-8-6-13-4-2-3-5-14(13)10-21/h7,9,13-14H,2-6,8,10-11H2,1H3/t13-,14+/m1/s1. The van der Waals surface area contributed by atoms with Gasteiger partial charge in [0.25, 0.3) is 11.1 Å². The van der Waals surface area contributed by atoms with Gasteiger partial charge < -0.3 is 13.7 Å². The van der Waals surface area contributed by atoms with E-state index in [-0.39, 0.29) is 5.91 Å². The first kappa shape index (κ1) is 16.7. The van der Waals surface area contributed by atoms with Gasteiger partial charge in [0.2, 0.25) is 5.91 Å². The summed E-state index contributed by atoms with van der Waals surface area (Å²) in [5.74, 6) is 3.24. The molecule has 2 aliphatic rings. The lowest BCUT2D eigenvalue weighted by atomic mass is 9.75. The van der Waals surface area contributed by atoms with Crippen LogP contribution in [0, 0.1) is 18.8 Å². The molecule has 1 aliphatic carbocycles. The molecule has 0 spiro atoms. The van der Waals surface area contributed by atoms with E-state index in [4.69, 9.17) is 8.83 Å². The van der Waals surface area contributed by atoms with Crippen molar-refractivity contribution in [3.63, 3.8) is 0 Å². The maximum atomic E-state index is 12.5. The molecule has 4 rings (SSSR count). The number of thioether (sulfide) groups is 1. The Hall–Kier alpha value is -1.76. The van der Waals surface area contributed by atoms with E-state index in [1.54, 1.807) is 12.3 Å². The lowest BCUT2D eigenvalue weighted by molar-refractivity contribution is -0.131. The van der Waals surface area contributed by atoms with Crippen molar-refractivity contribution < 1.29 is 13.6 Å². The normalized spacial score (nSPS) is 23.5. The third-order valence-corrected chi connectivity index (χ3v) is 6.26. The van der Waals surface area contributed by atoms with Crippen molar-refractivity contribution in [2.75, 3.05) is 18.8 Å². The summed E-state index contributed by atoms with van der Waals surface area (Å²) in [6, 6.07) is 1.80. The first-order valence-corrected chi connectivity index (χ1v) is 9.98. The highest BCUT2D eigenvalue weighted by molar-refractivity contribution is 7.99. The molecule has 134 valence electrons. The molecule has 0 aromatic carbocycles. The van der Waals surface area contributed by atoms with Crippen LogP contribution in [0.15, 0.2) is 26.4 Å². The smallest absolute Gasteiger partial charge is 0.277 e. The lowest BCUT2D eigenvalue weighted by Crippen LogP contribution is -2.45. The van der Waals surface area contributed by atoms with Crippen LogP contribution in [0.25, 0.3) is 11.5 Å². The van der Waals surface area contributed by atoms with Crippen LogP contribution in [0.1, 0.15) is 37.9 Å². The molecule has 0 unspecified atom stereocenters. The van der Waals surface area contributed by atoms with Crippen LogP contribution >= 0.6 is 11.8 Å². The van der Waals surface area contributed by atoms with E-state index in [1.807, 2.05) is 11.8 Å². The maximum absolute atomic E-state index is 12.5. The molecule has 1 saturated carbocycles. The van der Waals surface area contributed by atoms with Gasteiger partial charge in [0.05, 0.1) is 17.6 Å². The zero-order valence-corrected chi connectivity index (χ0v) is 15.3. The SMILES string of the molecule is Cc1occc1-c1nnc(SCC(=O)N2CC[C@H]3CCCC[C@H]3C2)o1. The van der Waals surface area contributed by atoms with E-state index in [1.165, 1.54) is 37.4 Å². The number of carbonyl (C=O) groups is 1. The molecule has 0 bridgehead atoms. The van der Waals surface area contributed by atoms with Crippen molar-refractivity contribution in [3.05, 3.63) is 18.1 Å². The maximum Gasteiger partial charge on any atom is 0.277 e. The van der Waals surface area contributed by atoms with Crippen molar-refractivity contribution in [1.29, 1.82) is 0 Å². The highest BCUT2D eigenvalue weighted by Gasteiger charge is 2.32. The minimum Gasteiger partial charge on any atom is -0.469 e. The predicted molar refractivity (Wildman–Crippen MR) is 94.1 cm³/mol. The Morgan fingerprint density at radius 1 is 1.28 bits per heavy atom. The molecule has 7 heteroatoms. The van der Waals surface area contributed by atoms with Crippen molar-refractivity contribution in [3.8, 4) is 11.5 Å². The zero-order chi connectivity index (χ0) is 17.2. The number of aryl methyl sites for hydroxylation is 1. The fraction of sp³-hybridized carbons (Fsp3) is 0.611. The minimum absolute atomic E-state index is 0.174. The number of hydrogen-bond donors (Lipinski definition) is 0. The van der Waals surface area contributed by atoms with Crippen molar-refractivity contribution in [2.45, 2.75) is 44.3 Å². The second-order valence-electron chi connectivity index (χ2n) is 6.99. The second-order valence-corrected chi connectivity index (χ2v) is 7.91. The molecule has 1 saturated heterocycles. The van der Waals surface area contributed by atoms with Gasteiger partial charge in [-0.15, -0.1) is 10.2 Å². The fourth-order valence-corrected chi connectivity index (χ4v) is 4.69. The third-order valence-electron chi connectivity index (χ3n) is 5.46. The molecule has 0 N–H and O–H groups in total. The van der Waals surface area contributed by atoms with E-state index in [0.29, 0.717) is 22.8 Å². The summed E-state index contributed by atoms with van der Waals surface area (Å²) in [5, 5.41) is 8.50. The summed E-state index contributed by atoms with van der Waals surface area (Å²) >= 11 is 1.31. The van der Waals surface area contributed by atoms with Crippen LogP contribution in [0.3, 0.4) is 0 Å². The van der Waals surface area contributed by atoms with E-state index < -0.39 is 0 Å². The van der Waals surface area contributed by atoms with E-state index >= 15 is 0 Å². The number of amides is 1. The van der Waals surface area contributed by atoms with Gasteiger partial charge in [-0.25, -0.2) is 0 Å². The Labute approximate surface area is 151 Å². The number of rotatable bonds is 4. The molecule has 2 atom stereocenters. The summed E-state index contributed by atoms with van der Waals surface area (Å²) in [6.07, 6.45) is 8.06. The largest absolute Gasteiger partial charge is 0.469 e. The molecule has 2 aromatic rings. The summed E-state index contributed by atoms with van der Waals surface area (Å²) < 4.78 is 10.9. The average molecular weight is 361 g/mol. The molecule has 0 radical (unpaired) electrons. The van der Waals surface area contributed by atoms with Crippen molar-refractivity contribution in [1.82, 2.24) is 15.1 Å².